The van der Waals surface area contributed by atoms with Gasteiger partial charge in [0.25, 0.3) is 0 Å². The first-order chi connectivity index (χ1) is 9.04. The number of amidine groups is 1. The first-order valence-corrected chi connectivity index (χ1v) is 5.65. The van der Waals surface area contributed by atoms with Crippen molar-refractivity contribution in [2.24, 2.45) is 17.9 Å². The van der Waals surface area contributed by atoms with Crippen molar-refractivity contribution in [2.45, 2.75) is 13.8 Å². The third-order valence-corrected chi connectivity index (χ3v) is 2.80. The van der Waals surface area contributed by atoms with Gasteiger partial charge in [-0.15, -0.1) is 0 Å². The van der Waals surface area contributed by atoms with Gasteiger partial charge >= 0.3 is 0 Å². The van der Waals surface area contributed by atoms with E-state index in [1.165, 1.54) is 0 Å². The first kappa shape index (κ1) is 12.9. The molecule has 7 nitrogen and oxygen atoms in total. The molecule has 2 aromatic heterocycles. The Morgan fingerprint density at radius 2 is 2.21 bits per heavy atom. The molecule has 0 saturated carbocycles. The lowest BCUT2D eigenvalue weighted by Gasteiger charge is -2.08. The Kier molecular flexibility index (Phi) is 3.37. The van der Waals surface area contributed by atoms with Gasteiger partial charge in [-0.2, -0.15) is 5.10 Å². The zero-order valence-electron chi connectivity index (χ0n) is 11.0. The van der Waals surface area contributed by atoms with E-state index in [1.807, 2.05) is 20.9 Å². The summed E-state index contributed by atoms with van der Waals surface area (Å²) in [6.45, 7) is 3.73. The highest BCUT2D eigenvalue weighted by molar-refractivity contribution is 5.99. The summed E-state index contributed by atoms with van der Waals surface area (Å²) in [7, 11) is 1.83. The van der Waals surface area contributed by atoms with E-state index in [0.717, 1.165) is 11.4 Å². The van der Waals surface area contributed by atoms with Crippen molar-refractivity contribution in [3.05, 3.63) is 35.3 Å². The maximum atomic E-state index is 8.76. The number of oxime groups is 1. The van der Waals surface area contributed by atoms with Crippen molar-refractivity contribution in [3.8, 4) is 11.6 Å². The molecule has 0 saturated heterocycles. The molecule has 2 heterocycles. The third-order valence-electron chi connectivity index (χ3n) is 2.80. The lowest BCUT2D eigenvalue weighted by atomic mass is 10.2. The second kappa shape index (κ2) is 4.97. The predicted octanol–water partition coefficient (Wildman–Crippen LogP) is 1.32. The number of hydrogen-bond acceptors (Lipinski definition) is 5. The van der Waals surface area contributed by atoms with Gasteiger partial charge in [-0.25, -0.2) is 4.98 Å². The molecule has 0 fully saturated rings. The molecule has 0 aliphatic rings. The standard InChI is InChI=1S/C12H15N5O2/c1-7-10(8(2)17(3)15-7)19-12-9(11(13)16-18)5-4-6-14-12/h4-6,18H,1-3H3,(H2,13,16). The molecule has 19 heavy (non-hydrogen) atoms. The first-order valence-electron chi connectivity index (χ1n) is 5.65. The Hall–Kier alpha value is -2.57. The van der Waals surface area contributed by atoms with Gasteiger partial charge in [0, 0.05) is 13.2 Å². The van der Waals surface area contributed by atoms with Crippen LogP contribution in [0.5, 0.6) is 11.6 Å². The topological polar surface area (TPSA) is 98.5 Å². The largest absolute Gasteiger partial charge is 0.434 e. The van der Waals surface area contributed by atoms with Gasteiger partial charge in [-0.05, 0) is 26.0 Å². The maximum absolute atomic E-state index is 8.76. The second-order valence-electron chi connectivity index (χ2n) is 4.07. The Labute approximate surface area is 110 Å². The minimum absolute atomic E-state index is 0.0534. The summed E-state index contributed by atoms with van der Waals surface area (Å²) >= 11 is 0. The zero-order chi connectivity index (χ0) is 14.0. The van der Waals surface area contributed by atoms with Crippen LogP contribution in [0.4, 0.5) is 0 Å². The minimum atomic E-state index is -0.0534. The maximum Gasteiger partial charge on any atom is 0.230 e. The van der Waals surface area contributed by atoms with Crippen LogP contribution in [0.2, 0.25) is 0 Å². The van der Waals surface area contributed by atoms with Crippen molar-refractivity contribution >= 4 is 5.84 Å². The van der Waals surface area contributed by atoms with Crippen LogP contribution in [0, 0.1) is 13.8 Å². The number of aromatic nitrogens is 3. The molecule has 0 radical (unpaired) electrons. The summed E-state index contributed by atoms with van der Waals surface area (Å²) < 4.78 is 7.47. The fourth-order valence-electron chi connectivity index (χ4n) is 1.72. The van der Waals surface area contributed by atoms with E-state index in [4.69, 9.17) is 15.7 Å². The Balaban J connectivity index is 2.44. The molecule has 2 rings (SSSR count). The highest BCUT2D eigenvalue weighted by Crippen LogP contribution is 2.28. The van der Waals surface area contributed by atoms with Gasteiger partial charge in [0.1, 0.15) is 5.69 Å². The summed E-state index contributed by atoms with van der Waals surface area (Å²) in [6.07, 6.45) is 1.57. The van der Waals surface area contributed by atoms with Gasteiger partial charge in [0.2, 0.25) is 5.88 Å². The molecule has 0 bridgehead atoms. The zero-order valence-corrected chi connectivity index (χ0v) is 11.0. The summed E-state index contributed by atoms with van der Waals surface area (Å²) in [6, 6.07) is 3.35. The number of pyridine rings is 1. The molecule has 0 atom stereocenters. The molecule has 3 N–H and O–H groups in total. The normalized spacial score (nSPS) is 11.6. The molecule has 100 valence electrons. The van der Waals surface area contributed by atoms with E-state index in [0.29, 0.717) is 11.3 Å². The van der Waals surface area contributed by atoms with Crippen LogP contribution in [0.1, 0.15) is 17.0 Å². The summed E-state index contributed by atoms with van der Waals surface area (Å²) in [5.74, 6) is 0.840. The molecule has 0 aliphatic carbocycles. The lowest BCUT2D eigenvalue weighted by Crippen LogP contribution is -2.14. The summed E-state index contributed by atoms with van der Waals surface area (Å²) in [4.78, 5) is 4.10. The molecule has 0 unspecified atom stereocenters. The Morgan fingerprint density at radius 3 is 2.79 bits per heavy atom. The van der Waals surface area contributed by atoms with Crippen molar-refractivity contribution in [1.82, 2.24) is 14.8 Å². The van der Waals surface area contributed by atoms with Gasteiger partial charge in [0.05, 0.1) is 11.3 Å². The molecule has 7 heteroatoms. The quantitative estimate of drug-likeness (QED) is 0.376. The van der Waals surface area contributed by atoms with E-state index in [1.54, 1.807) is 23.0 Å². The molecule has 0 spiro atoms. The van der Waals surface area contributed by atoms with Gasteiger partial charge in [-0.1, -0.05) is 5.16 Å². The highest BCUT2D eigenvalue weighted by Gasteiger charge is 2.16. The number of nitrogens with two attached hydrogens (primary N) is 1. The number of hydrogen-bond donors (Lipinski definition) is 2. The van der Waals surface area contributed by atoms with Crippen molar-refractivity contribution in [3.63, 3.8) is 0 Å². The van der Waals surface area contributed by atoms with Crippen LogP contribution < -0.4 is 10.5 Å². The Morgan fingerprint density at radius 1 is 1.47 bits per heavy atom. The number of nitrogens with zero attached hydrogens (tertiary/aromatic N) is 4. The molecule has 0 aromatic carbocycles. The van der Waals surface area contributed by atoms with Gasteiger partial charge in [-0.3, -0.25) is 4.68 Å². The lowest BCUT2D eigenvalue weighted by molar-refractivity contribution is 0.318. The monoisotopic (exact) mass is 261 g/mol. The average molecular weight is 261 g/mol. The van der Waals surface area contributed by atoms with Crippen LogP contribution >= 0.6 is 0 Å². The SMILES string of the molecule is Cc1nn(C)c(C)c1Oc1ncccc1/C(N)=N/O. The van der Waals surface area contributed by atoms with E-state index < -0.39 is 0 Å². The number of rotatable bonds is 3. The Bertz CT molecular complexity index is 633. The fourth-order valence-corrected chi connectivity index (χ4v) is 1.72. The summed E-state index contributed by atoms with van der Waals surface area (Å²) in [5.41, 5.74) is 7.63. The minimum Gasteiger partial charge on any atom is -0.434 e. The van der Waals surface area contributed by atoms with E-state index in [-0.39, 0.29) is 11.7 Å². The third kappa shape index (κ3) is 2.35. The second-order valence-corrected chi connectivity index (χ2v) is 4.07. The van der Waals surface area contributed by atoms with Crippen LogP contribution in [0.15, 0.2) is 23.5 Å². The van der Waals surface area contributed by atoms with Crippen LogP contribution in [0.3, 0.4) is 0 Å². The van der Waals surface area contributed by atoms with Crippen molar-refractivity contribution in [2.75, 3.05) is 0 Å². The van der Waals surface area contributed by atoms with Gasteiger partial charge < -0.3 is 15.7 Å². The molecule has 0 aliphatic heterocycles. The summed E-state index contributed by atoms with van der Waals surface area (Å²) in [5, 5.41) is 16.0. The van der Waals surface area contributed by atoms with Crippen LogP contribution in [-0.4, -0.2) is 25.8 Å². The molecular formula is C12H15N5O2. The van der Waals surface area contributed by atoms with E-state index in [9.17, 15) is 0 Å². The average Bonchev–Trinajstić information content (AvgIpc) is 2.65. The van der Waals surface area contributed by atoms with Crippen molar-refractivity contribution < 1.29 is 9.94 Å². The van der Waals surface area contributed by atoms with Crippen LogP contribution in [0.25, 0.3) is 0 Å². The molecular weight excluding hydrogens is 246 g/mol. The van der Waals surface area contributed by atoms with Crippen molar-refractivity contribution in [1.29, 1.82) is 0 Å². The van der Waals surface area contributed by atoms with E-state index >= 15 is 0 Å². The highest BCUT2D eigenvalue weighted by atomic mass is 16.5. The predicted molar refractivity (Wildman–Crippen MR) is 69.5 cm³/mol. The fraction of sp³-hybridized carbons (Fsp3) is 0.250. The number of ether oxygens (including phenoxy) is 1. The molecule has 0 amide bonds. The molecule has 2 aromatic rings. The van der Waals surface area contributed by atoms with Gasteiger partial charge in [0.15, 0.2) is 11.6 Å². The smallest absolute Gasteiger partial charge is 0.230 e. The number of aryl methyl sites for hydroxylation is 2. The van der Waals surface area contributed by atoms with Crippen LogP contribution in [-0.2, 0) is 7.05 Å². The van der Waals surface area contributed by atoms with E-state index in [2.05, 4.69) is 15.2 Å².